The molecule has 2 amide bonds. The molecule has 0 atom stereocenters. The molecule has 2 fully saturated rings. The van der Waals surface area contributed by atoms with Crippen LogP contribution in [0.25, 0.3) is 0 Å². The van der Waals surface area contributed by atoms with Crippen LogP contribution in [0, 0.1) is 5.92 Å². The molecule has 6 heteroatoms. The van der Waals surface area contributed by atoms with E-state index in [1.807, 2.05) is 17.0 Å². The number of benzene rings is 2. The van der Waals surface area contributed by atoms with Crippen LogP contribution in [-0.4, -0.2) is 56.0 Å². The number of amides is 2. The quantitative estimate of drug-likeness (QED) is 0.774. The zero-order valence-electron chi connectivity index (χ0n) is 18.3. The number of rotatable bonds is 5. The number of carbonyl (C=O) groups excluding carboxylic acids is 2. The van der Waals surface area contributed by atoms with Gasteiger partial charge in [0, 0.05) is 42.9 Å². The molecule has 0 aliphatic carbocycles. The van der Waals surface area contributed by atoms with Gasteiger partial charge in [-0.3, -0.25) is 9.59 Å². The molecule has 2 aliphatic rings. The molecule has 2 aliphatic heterocycles. The summed E-state index contributed by atoms with van der Waals surface area (Å²) in [5, 5.41) is 3.06. The van der Waals surface area contributed by atoms with Crippen molar-refractivity contribution < 1.29 is 14.5 Å². The number of hydrogen-bond donors (Lipinski definition) is 2. The lowest BCUT2D eigenvalue weighted by atomic mass is 9.96. The van der Waals surface area contributed by atoms with Crippen LogP contribution in [0.4, 0.5) is 11.4 Å². The Morgan fingerprint density at radius 2 is 1.58 bits per heavy atom. The summed E-state index contributed by atoms with van der Waals surface area (Å²) in [7, 11) is 0. The Hall–Kier alpha value is -2.86. The summed E-state index contributed by atoms with van der Waals surface area (Å²) < 4.78 is 0. The Labute approximate surface area is 184 Å². The van der Waals surface area contributed by atoms with Gasteiger partial charge in [-0.05, 0) is 37.1 Å². The van der Waals surface area contributed by atoms with Crippen LogP contribution in [0.5, 0.6) is 0 Å². The first-order chi connectivity index (χ1) is 15.1. The minimum atomic E-state index is -0.0176. The van der Waals surface area contributed by atoms with Crippen LogP contribution in [0.1, 0.15) is 25.3 Å². The number of hydrogen-bond acceptors (Lipinski definition) is 3. The molecule has 0 bridgehead atoms. The van der Waals surface area contributed by atoms with E-state index in [4.69, 9.17) is 0 Å². The average molecular weight is 422 g/mol. The highest BCUT2D eigenvalue weighted by atomic mass is 16.2. The fraction of sp³-hybridized carbons (Fsp3) is 0.440. The van der Waals surface area contributed by atoms with E-state index in [9.17, 15) is 9.59 Å². The molecule has 2 N–H and O–H groups in total. The lowest BCUT2D eigenvalue weighted by Crippen LogP contribution is -3.13. The molecule has 0 unspecified atom stereocenters. The third-order valence-electron chi connectivity index (χ3n) is 6.58. The number of quaternary nitrogens is 1. The average Bonchev–Trinajstić information content (AvgIpc) is 2.81. The second kappa shape index (κ2) is 9.96. The van der Waals surface area contributed by atoms with E-state index in [0.717, 1.165) is 51.3 Å². The molecular weight excluding hydrogens is 388 g/mol. The summed E-state index contributed by atoms with van der Waals surface area (Å²) >= 11 is 0. The lowest BCUT2D eigenvalue weighted by molar-refractivity contribution is -0.914. The van der Waals surface area contributed by atoms with Gasteiger partial charge in [0.1, 0.15) is 6.54 Å². The van der Waals surface area contributed by atoms with Crippen LogP contribution in [-0.2, 0) is 16.1 Å². The Kier molecular flexibility index (Phi) is 6.87. The van der Waals surface area contributed by atoms with Gasteiger partial charge in [-0.15, -0.1) is 0 Å². The van der Waals surface area contributed by atoms with Crippen LogP contribution >= 0.6 is 0 Å². The van der Waals surface area contributed by atoms with Crippen molar-refractivity contribution >= 4 is 23.2 Å². The summed E-state index contributed by atoms with van der Waals surface area (Å²) in [4.78, 5) is 29.9. The second-order valence-corrected chi connectivity index (χ2v) is 8.72. The van der Waals surface area contributed by atoms with Gasteiger partial charge in [0.05, 0.1) is 26.2 Å². The number of likely N-dealkylation sites (tertiary alicyclic amines) is 1. The predicted molar refractivity (Wildman–Crippen MR) is 123 cm³/mol. The van der Waals surface area contributed by atoms with Gasteiger partial charge in [0.15, 0.2) is 0 Å². The molecule has 31 heavy (non-hydrogen) atoms. The van der Waals surface area contributed by atoms with E-state index in [1.54, 1.807) is 11.8 Å². The van der Waals surface area contributed by atoms with Crippen molar-refractivity contribution in [2.45, 2.75) is 26.3 Å². The van der Waals surface area contributed by atoms with E-state index in [-0.39, 0.29) is 17.7 Å². The molecule has 2 aromatic rings. The van der Waals surface area contributed by atoms with Crippen LogP contribution in [0.2, 0.25) is 0 Å². The fourth-order valence-corrected chi connectivity index (χ4v) is 4.60. The van der Waals surface area contributed by atoms with E-state index in [2.05, 4.69) is 52.7 Å². The maximum atomic E-state index is 12.6. The van der Waals surface area contributed by atoms with E-state index >= 15 is 0 Å². The maximum Gasteiger partial charge on any atom is 0.227 e. The van der Waals surface area contributed by atoms with Gasteiger partial charge < -0.3 is 20.0 Å². The number of nitrogens with one attached hydrogen (secondary N) is 2. The number of carbonyl (C=O) groups is 2. The zero-order chi connectivity index (χ0) is 21.6. The normalized spacial score (nSPS) is 18.1. The summed E-state index contributed by atoms with van der Waals surface area (Å²) in [6, 6.07) is 18.9. The summed E-state index contributed by atoms with van der Waals surface area (Å²) in [6.07, 6.45) is 1.47. The van der Waals surface area contributed by atoms with Crippen LogP contribution in [0.15, 0.2) is 54.6 Å². The third-order valence-corrected chi connectivity index (χ3v) is 6.58. The maximum absolute atomic E-state index is 12.6. The molecule has 0 radical (unpaired) electrons. The third kappa shape index (κ3) is 5.64. The van der Waals surface area contributed by atoms with Crippen molar-refractivity contribution in [3.63, 3.8) is 0 Å². The monoisotopic (exact) mass is 421 g/mol. The molecule has 2 saturated heterocycles. The van der Waals surface area contributed by atoms with Gasteiger partial charge in [0.2, 0.25) is 11.8 Å². The Bertz CT molecular complexity index is 868. The van der Waals surface area contributed by atoms with Gasteiger partial charge in [0.25, 0.3) is 0 Å². The van der Waals surface area contributed by atoms with Crippen molar-refractivity contribution in [3.8, 4) is 0 Å². The van der Waals surface area contributed by atoms with Crippen molar-refractivity contribution in [2.24, 2.45) is 5.92 Å². The van der Waals surface area contributed by atoms with Crippen molar-refractivity contribution in [1.82, 2.24) is 4.90 Å². The number of nitrogens with zero attached hydrogens (tertiary/aromatic N) is 2. The number of anilines is 2. The molecule has 164 valence electrons. The standard InChI is InChI=1S/C25H32N4O2/c1-20(30)28-13-11-22(12-14-28)25(31)26-23-7-9-24(10-8-23)29-17-15-27(16-18-29)19-21-5-3-2-4-6-21/h2-10,22H,11-19H2,1H3,(H,26,31)/p+1. The van der Waals surface area contributed by atoms with E-state index in [1.165, 1.54) is 11.3 Å². The Morgan fingerprint density at radius 3 is 2.19 bits per heavy atom. The Balaban J connectivity index is 1.24. The lowest BCUT2D eigenvalue weighted by Gasteiger charge is -2.34. The molecule has 0 saturated carbocycles. The van der Waals surface area contributed by atoms with E-state index < -0.39 is 0 Å². The van der Waals surface area contributed by atoms with Gasteiger partial charge in [-0.25, -0.2) is 0 Å². The second-order valence-electron chi connectivity index (χ2n) is 8.72. The first kappa shape index (κ1) is 21.4. The van der Waals surface area contributed by atoms with Crippen molar-refractivity contribution in [2.75, 3.05) is 49.5 Å². The highest BCUT2D eigenvalue weighted by molar-refractivity contribution is 5.93. The van der Waals surface area contributed by atoms with Crippen molar-refractivity contribution in [3.05, 3.63) is 60.2 Å². The number of piperazine rings is 1. The van der Waals surface area contributed by atoms with Crippen LogP contribution < -0.4 is 15.1 Å². The minimum Gasteiger partial charge on any atom is -0.360 e. The van der Waals surface area contributed by atoms with Gasteiger partial charge >= 0.3 is 0 Å². The summed E-state index contributed by atoms with van der Waals surface area (Å²) in [5.41, 5.74) is 3.46. The minimum absolute atomic E-state index is 0.0176. The molecule has 6 nitrogen and oxygen atoms in total. The molecule has 4 rings (SSSR count). The zero-order valence-corrected chi connectivity index (χ0v) is 18.3. The largest absolute Gasteiger partial charge is 0.360 e. The van der Waals surface area contributed by atoms with Crippen molar-refractivity contribution in [1.29, 1.82) is 0 Å². The molecule has 2 aromatic carbocycles. The van der Waals surface area contributed by atoms with Crippen LogP contribution in [0.3, 0.4) is 0 Å². The summed E-state index contributed by atoms with van der Waals surface area (Å²) in [6.45, 7) is 8.37. The highest BCUT2D eigenvalue weighted by Crippen LogP contribution is 2.22. The fourth-order valence-electron chi connectivity index (χ4n) is 4.60. The topological polar surface area (TPSA) is 57.1 Å². The predicted octanol–water partition coefficient (Wildman–Crippen LogP) is 1.79. The highest BCUT2D eigenvalue weighted by Gasteiger charge is 2.26. The van der Waals surface area contributed by atoms with Gasteiger partial charge in [-0.1, -0.05) is 30.3 Å². The molecule has 2 heterocycles. The number of piperidine rings is 1. The molecule has 0 spiro atoms. The summed E-state index contributed by atoms with van der Waals surface area (Å²) in [5.74, 6) is 0.141. The SMILES string of the molecule is CC(=O)N1CCC(C(=O)Nc2ccc(N3CC[NH+](Cc4ccccc4)CC3)cc2)CC1. The van der Waals surface area contributed by atoms with Gasteiger partial charge in [-0.2, -0.15) is 0 Å². The van der Waals surface area contributed by atoms with E-state index in [0.29, 0.717) is 13.1 Å². The molecular formula is C25H33N4O2+. The Morgan fingerprint density at radius 1 is 0.935 bits per heavy atom. The first-order valence-corrected chi connectivity index (χ1v) is 11.4. The first-order valence-electron chi connectivity index (χ1n) is 11.4. The molecule has 0 aromatic heterocycles. The smallest absolute Gasteiger partial charge is 0.227 e.